The zero-order chi connectivity index (χ0) is 20.7. The third-order valence-electron chi connectivity index (χ3n) is 4.28. The van der Waals surface area contributed by atoms with Crippen LogP contribution in [0.5, 0.6) is 5.75 Å². The van der Waals surface area contributed by atoms with Gasteiger partial charge in [0.15, 0.2) is 0 Å². The van der Waals surface area contributed by atoms with Crippen molar-refractivity contribution < 1.29 is 17.9 Å². The minimum Gasteiger partial charge on any atom is -0.492 e. The van der Waals surface area contributed by atoms with Gasteiger partial charge in [-0.2, -0.15) is 0 Å². The highest BCUT2D eigenvalue weighted by molar-refractivity contribution is 7.92. The molecule has 0 saturated heterocycles. The molecule has 0 aliphatic heterocycles. The fourth-order valence-electron chi connectivity index (χ4n) is 2.92. The highest BCUT2D eigenvalue weighted by atomic mass is 32.2. The molecule has 7 heteroatoms. The Balaban J connectivity index is 2.04. The molecule has 0 aliphatic rings. The maximum atomic E-state index is 12.7. The first-order chi connectivity index (χ1) is 13.2. The molecule has 2 aromatic carbocycles. The van der Waals surface area contributed by atoms with Gasteiger partial charge in [0.2, 0.25) is 15.9 Å². The second-order valence-electron chi connectivity index (χ2n) is 6.77. The van der Waals surface area contributed by atoms with E-state index in [1.54, 1.807) is 25.1 Å². The van der Waals surface area contributed by atoms with Crippen molar-refractivity contribution in [1.29, 1.82) is 0 Å². The number of aryl methyl sites for hydroxylation is 2. The molecule has 6 nitrogen and oxygen atoms in total. The van der Waals surface area contributed by atoms with Crippen molar-refractivity contribution >= 4 is 21.6 Å². The van der Waals surface area contributed by atoms with E-state index in [1.807, 2.05) is 44.2 Å². The maximum Gasteiger partial charge on any atom is 0.244 e. The second kappa shape index (κ2) is 9.59. The van der Waals surface area contributed by atoms with Gasteiger partial charge in [0.1, 0.15) is 18.4 Å². The van der Waals surface area contributed by atoms with E-state index in [4.69, 9.17) is 4.74 Å². The van der Waals surface area contributed by atoms with E-state index < -0.39 is 16.1 Å². The summed E-state index contributed by atoms with van der Waals surface area (Å²) in [5.74, 6) is 0.381. The summed E-state index contributed by atoms with van der Waals surface area (Å²) in [6.45, 7) is 6.26. The number of amides is 1. The molecule has 28 heavy (non-hydrogen) atoms. The number of sulfonamides is 1. The van der Waals surface area contributed by atoms with Crippen molar-refractivity contribution in [3.63, 3.8) is 0 Å². The fraction of sp³-hybridized carbons (Fsp3) is 0.381. The van der Waals surface area contributed by atoms with Crippen LogP contribution in [0.15, 0.2) is 48.5 Å². The molecule has 0 unspecified atom stereocenters. The van der Waals surface area contributed by atoms with Gasteiger partial charge in [-0.05, 0) is 50.1 Å². The molecule has 152 valence electrons. The van der Waals surface area contributed by atoms with Gasteiger partial charge in [0, 0.05) is 0 Å². The van der Waals surface area contributed by atoms with E-state index in [-0.39, 0.29) is 12.5 Å². The molecule has 1 atom stereocenters. The van der Waals surface area contributed by atoms with Crippen LogP contribution in [0.3, 0.4) is 0 Å². The first-order valence-electron chi connectivity index (χ1n) is 9.25. The largest absolute Gasteiger partial charge is 0.492 e. The Morgan fingerprint density at radius 3 is 2.36 bits per heavy atom. The standard InChI is InChI=1S/C21H28N2O4S/c1-5-20(23(28(4,25)26)18-8-6-7-17(3)15-18)21(24)22-13-14-27-19-11-9-16(2)10-12-19/h6-12,15,20H,5,13-14H2,1-4H3,(H,22,24)/t20-/m0/s1. The summed E-state index contributed by atoms with van der Waals surface area (Å²) >= 11 is 0. The molecule has 2 rings (SSSR count). The summed E-state index contributed by atoms with van der Waals surface area (Å²) in [5.41, 5.74) is 2.55. The van der Waals surface area contributed by atoms with Crippen LogP contribution < -0.4 is 14.4 Å². The van der Waals surface area contributed by atoms with Crippen LogP contribution in [0.1, 0.15) is 24.5 Å². The number of carbonyl (C=O) groups excluding carboxylic acids is 1. The van der Waals surface area contributed by atoms with Crippen molar-refractivity contribution in [2.45, 2.75) is 33.2 Å². The number of anilines is 1. The summed E-state index contributed by atoms with van der Waals surface area (Å²) in [6, 6.07) is 13.9. The van der Waals surface area contributed by atoms with Crippen molar-refractivity contribution in [1.82, 2.24) is 5.32 Å². The summed E-state index contributed by atoms with van der Waals surface area (Å²) in [5, 5.41) is 2.78. The van der Waals surface area contributed by atoms with Gasteiger partial charge in [-0.1, -0.05) is 36.8 Å². The van der Waals surface area contributed by atoms with Crippen LogP contribution in [-0.2, 0) is 14.8 Å². The van der Waals surface area contributed by atoms with Gasteiger partial charge in [0.05, 0.1) is 18.5 Å². The van der Waals surface area contributed by atoms with Gasteiger partial charge < -0.3 is 10.1 Å². The van der Waals surface area contributed by atoms with Crippen LogP contribution in [0.2, 0.25) is 0 Å². The Kier molecular flexibility index (Phi) is 7.45. The zero-order valence-electron chi connectivity index (χ0n) is 16.8. The minimum absolute atomic E-state index is 0.286. The molecule has 0 aromatic heterocycles. The lowest BCUT2D eigenvalue weighted by Gasteiger charge is -2.30. The Bertz CT molecular complexity index is 895. The van der Waals surface area contributed by atoms with Crippen LogP contribution in [0, 0.1) is 13.8 Å². The van der Waals surface area contributed by atoms with E-state index in [9.17, 15) is 13.2 Å². The van der Waals surface area contributed by atoms with Gasteiger partial charge in [-0.25, -0.2) is 8.42 Å². The monoisotopic (exact) mass is 404 g/mol. The summed E-state index contributed by atoms with van der Waals surface area (Å²) in [6.07, 6.45) is 1.47. The highest BCUT2D eigenvalue weighted by Crippen LogP contribution is 2.23. The van der Waals surface area contributed by atoms with E-state index in [0.29, 0.717) is 18.7 Å². The van der Waals surface area contributed by atoms with Gasteiger partial charge in [0.25, 0.3) is 0 Å². The molecule has 0 spiro atoms. The van der Waals surface area contributed by atoms with E-state index in [2.05, 4.69) is 5.32 Å². The Morgan fingerprint density at radius 2 is 1.79 bits per heavy atom. The number of rotatable bonds is 9. The average Bonchev–Trinajstić information content (AvgIpc) is 2.63. The minimum atomic E-state index is -3.63. The number of ether oxygens (including phenoxy) is 1. The molecule has 0 saturated carbocycles. The Morgan fingerprint density at radius 1 is 1.11 bits per heavy atom. The van der Waals surface area contributed by atoms with Crippen molar-refractivity contribution in [2.24, 2.45) is 0 Å². The second-order valence-corrected chi connectivity index (χ2v) is 8.63. The van der Waals surface area contributed by atoms with Crippen molar-refractivity contribution in [3.05, 3.63) is 59.7 Å². The molecule has 2 aromatic rings. The van der Waals surface area contributed by atoms with Crippen molar-refractivity contribution in [3.8, 4) is 5.75 Å². The maximum absolute atomic E-state index is 12.7. The quantitative estimate of drug-likeness (QED) is 0.652. The van der Waals surface area contributed by atoms with Crippen LogP contribution in [0.4, 0.5) is 5.69 Å². The van der Waals surface area contributed by atoms with Crippen LogP contribution in [-0.4, -0.2) is 39.8 Å². The normalized spacial score (nSPS) is 12.3. The fourth-order valence-corrected chi connectivity index (χ4v) is 4.12. The molecule has 1 N–H and O–H groups in total. The Hall–Kier alpha value is -2.54. The molecule has 0 radical (unpaired) electrons. The lowest BCUT2D eigenvalue weighted by molar-refractivity contribution is -0.122. The smallest absolute Gasteiger partial charge is 0.244 e. The average molecular weight is 405 g/mol. The summed E-state index contributed by atoms with van der Waals surface area (Å²) in [4.78, 5) is 12.7. The van der Waals surface area contributed by atoms with Gasteiger partial charge >= 0.3 is 0 Å². The molecule has 0 aliphatic carbocycles. The summed E-state index contributed by atoms with van der Waals surface area (Å²) in [7, 11) is -3.63. The van der Waals surface area contributed by atoms with Crippen LogP contribution in [0.25, 0.3) is 0 Å². The van der Waals surface area contributed by atoms with E-state index in [0.717, 1.165) is 23.1 Å². The number of nitrogens with zero attached hydrogens (tertiary/aromatic N) is 1. The summed E-state index contributed by atoms with van der Waals surface area (Å²) < 4.78 is 31.6. The predicted molar refractivity (Wildman–Crippen MR) is 112 cm³/mol. The number of hydrogen-bond acceptors (Lipinski definition) is 4. The molecule has 0 heterocycles. The van der Waals surface area contributed by atoms with Gasteiger partial charge in [-0.15, -0.1) is 0 Å². The molecular weight excluding hydrogens is 376 g/mol. The van der Waals surface area contributed by atoms with E-state index in [1.165, 1.54) is 4.31 Å². The van der Waals surface area contributed by atoms with Gasteiger partial charge in [-0.3, -0.25) is 9.10 Å². The zero-order valence-corrected chi connectivity index (χ0v) is 17.6. The number of carbonyl (C=O) groups is 1. The van der Waals surface area contributed by atoms with E-state index >= 15 is 0 Å². The topological polar surface area (TPSA) is 75.7 Å². The predicted octanol–water partition coefficient (Wildman–Crippen LogP) is 3.04. The van der Waals surface area contributed by atoms with Crippen molar-refractivity contribution in [2.75, 3.05) is 23.7 Å². The highest BCUT2D eigenvalue weighted by Gasteiger charge is 2.31. The number of nitrogens with one attached hydrogen (secondary N) is 1. The van der Waals surface area contributed by atoms with Crippen LogP contribution >= 0.6 is 0 Å². The molecule has 0 fully saturated rings. The molecule has 0 bridgehead atoms. The third-order valence-corrected chi connectivity index (χ3v) is 5.46. The molecule has 1 amide bonds. The lowest BCUT2D eigenvalue weighted by atomic mass is 10.1. The first-order valence-corrected chi connectivity index (χ1v) is 11.1. The SMILES string of the molecule is CC[C@@H](C(=O)NCCOc1ccc(C)cc1)N(c1cccc(C)c1)S(C)(=O)=O. The molecular formula is C21H28N2O4S. The lowest BCUT2D eigenvalue weighted by Crippen LogP contribution is -2.50. The number of benzene rings is 2. The Labute approximate surface area is 167 Å². The first kappa shape index (κ1) is 21.8. The third kappa shape index (κ3) is 5.99. The number of hydrogen-bond donors (Lipinski definition) is 1.